The van der Waals surface area contributed by atoms with Gasteiger partial charge in [-0.1, -0.05) is 68.9 Å². The molecule has 2 heteroatoms. The summed E-state index contributed by atoms with van der Waals surface area (Å²) in [6.07, 6.45) is 5.53. The Morgan fingerprint density at radius 2 is 1.79 bits per heavy atom. The van der Waals surface area contributed by atoms with E-state index in [9.17, 15) is 0 Å². The van der Waals surface area contributed by atoms with Crippen LogP contribution in [0.25, 0.3) is 0 Å². The molecule has 0 saturated heterocycles. The molecule has 1 aromatic carbocycles. The van der Waals surface area contributed by atoms with Crippen LogP contribution in [-0.4, -0.2) is 14.1 Å². The van der Waals surface area contributed by atoms with Crippen LogP contribution in [0, 0.1) is 5.92 Å². The van der Waals surface area contributed by atoms with Crippen molar-refractivity contribution in [3.63, 3.8) is 0 Å². The molecule has 1 aliphatic rings. The van der Waals surface area contributed by atoms with Crippen LogP contribution < -0.4 is 10.5 Å². The first-order valence-electron chi connectivity index (χ1n) is 7.78. The molecule has 0 spiro atoms. The van der Waals surface area contributed by atoms with Gasteiger partial charge in [-0.15, -0.1) is 0 Å². The lowest BCUT2D eigenvalue weighted by Crippen LogP contribution is -2.37. The predicted octanol–water partition coefficient (Wildman–Crippen LogP) is 3.90. The topological polar surface area (TPSA) is 12.0 Å². The molecular formula is C17H29NSi. The van der Waals surface area contributed by atoms with E-state index >= 15 is 0 Å². The highest BCUT2D eigenvalue weighted by Crippen LogP contribution is 2.23. The van der Waals surface area contributed by atoms with E-state index in [2.05, 4.69) is 56.1 Å². The summed E-state index contributed by atoms with van der Waals surface area (Å²) in [6.45, 7) is 10.6. The van der Waals surface area contributed by atoms with Gasteiger partial charge in [0.15, 0.2) is 0 Å². The fourth-order valence-electron chi connectivity index (χ4n) is 3.00. The molecule has 0 heterocycles. The minimum Gasteiger partial charge on any atom is -0.310 e. The van der Waals surface area contributed by atoms with Gasteiger partial charge in [0.05, 0.1) is 8.07 Å². The normalized spacial score (nSPS) is 24.4. The van der Waals surface area contributed by atoms with Gasteiger partial charge in [0.25, 0.3) is 0 Å². The minimum atomic E-state index is -1.14. The van der Waals surface area contributed by atoms with Gasteiger partial charge in [0.2, 0.25) is 0 Å². The van der Waals surface area contributed by atoms with Crippen molar-refractivity contribution < 1.29 is 0 Å². The SMILES string of the molecule is CC1CCCC(NCc2ccc([Si](C)(C)C)cc2)C1. The Morgan fingerprint density at radius 3 is 2.37 bits per heavy atom. The summed E-state index contributed by atoms with van der Waals surface area (Å²) in [5.41, 5.74) is 1.43. The van der Waals surface area contributed by atoms with E-state index in [1.807, 2.05) is 0 Å². The summed E-state index contributed by atoms with van der Waals surface area (Å²) in [5, 5.41) is 5.30. The first kappa shape index (κ1) is 14.8. The van der Waals surface area contributed by atoms with Crippen molar-refractivity contribution >= 4 is 13.3 Å². The van der Waals surface area contributed by atoms with E-state index in [-0.39, 0.29) is 0 Å². The molecule has 1 saturated carbocycles. The van der Waals surface area contributed by atoms with Crippen molar-refractivity contribution in [1.82, 2.24) is 5.32 Å². The van der Waals surface area contributed by atoms with E-state index < -0.39 is 8.07 Å². The first-order valence-corrected chi connectivity index (χ1v) is 11.3. The standard InChI is InChI=1S/C17H29NSi/c1-14-6-5-7-16(12-14)18-13-15-8-10-17(11-9-15)19(2,3)4/h8-11,14,16,18H,5-7,12-13H2,1-4H3. The number of rotatable bonds is 4. The van der Waals surface area contributed by atoms with E-state index in [4.69, 9.17) is 0 Å². The fourth-order valence-corrected chi connectivity index (χ4v) is 4.17. The summed E-state index contributed by atoms with van der Waals surface area (Å²) in [4.78, 5) is 0. The highest BCUT2D eigenvalue weighted by atomic mass is 28.3. The number of nitrogens with one attached hydrogen (secondary N) is 1. The third kappa shape index (κ3) is 4.46. The Morgan fingerprint density at radius 1 is 1.11 bits per heavy atom. The van der Waals surface area contributed by atoms with Crippen molar-refractivity contribution in [2.75, 3.05) is 0 Å². The zero-order valence-corrected chi connectivity index (χ0v) is 14.0. The summed E-state index contributed by atoms with van der Waals surface area (Å²) < 4.78 is 0. The molecule has 0 amide bonds. The van der Waals surface area contributed by atoms with Gasteiger partial charge in [0, 0.05) is 12.6 Å². The van der Waals surface area contributed by atoms with Gasteiger partial charge in [-0.3, -0.25) is 0 Å². The summed E-state index contributed by atoms with van der Waals surface area (Å²) in [5.74, 6) is 0.903. The maximum Gasteiger partial charge on any atom is 0.0775 e. The Hall–Kier alpha value is -0.603. The molecule has 19 heavy (non-hydrogen) atoms. The molecule has 2 unspecified atom stereocenters. The summed E-state index contributed by atoms with van der Waals surface area (Å²) >= 11 is 0. The van der Waals surface area contributed by atoms with E-state index in [0.717, 1.165) is 18.5 Å². The molecule has 0 bridgehead atoms. The Bertz CT molecular complexity index is 391. The maximum atomic E-state index is 3.74. The molecule has 0 aliphatic heterocycles. The van der Waals surface area contributed by atoms with Gasteiger partial charge in [-0.2, -0.15) is 0 Å². The molecule has 1 fully saturated rings. The predicted molar refractivity (Wildman–Crippen MR) is 87.7 cm³/mol. The van der Waals surface area contributed by atoms with Crippen LogP contribution in [0.5, 0.6) is 0 Å². The van der Waals surface area contributed by atoms with Crippen molar-refractivity contribution in [2.24, 2.45) is 5.92 Å². The molecule has 1 N–H and O–H groups in total. The lowest BCUT2D eigenvalue weighted by Gasteiger charge is -2.27. The lowest BCUT2D eigenvalue weighted by molar-refractivity contribution is 0.300. The summed E-state index contributed by atoms with van der Waals surface area (Å²) in [7, 11) is -1.14. The average Bonchev–Trinajstić information content (AvgIpc) is 2.36. The molecular weight excluding hydrogens is 246 g/mol. The smallest absolute Gasteiger partial charge is 0.0775 e. The summed E-state index contributed by atoms with van der Waals surface area (Å²) in [6, 6.07) is 10.0. The van der Waals surface area contributed by atoms with Gasteiger partial charge >= 0.3 is 0 Å². The minimum absolute atomic E-state index is 0.736. The molecule has 1 nitrogen and oxygen atoms in total. The van der Waals surface area contributed by atoms with Crippen LogP contribution in [0.4, 0.5) is 0 Å². The number of hydrogen-bond donors (Lipinski definition) is 1. The van der Waals surface area contributed by atoms with E-state index in [1.165, 1.54) is 31.2 Å². The average molecular weight is 276 g/mol. The second-order valence-corrected chi connectivity index (χ2v) is 12.4. The Labute approximate surface area is 119 Å². The zero-order valence-electron chi connectivity index (χ0n) is 13.0. The van der Waals surface area contributed by atoms with Gasteiger partial charge in [0.1, 0.15) is 0 Å². The largest absolute Gasteiger partial charge is 0.310 e. The van der Waals surface area contributed by atoms with Gasteiger partial charge in [-0.05, 0) is 24.3 Å². The number of hydrogen-bond acceptors (Lipinski definition) is 1. The van der Waals surface area contributed by atoms with E-state index in [0.29, 0.717) is 0 Å². The second kappa shape index (κ2) is 6.23. The zero-order chi connectivity index (χ0) is 13.9. The van der Waals surface area contributed by atoms with Gasteiger partial charge < -0.3 is 5.32 Å². The molecule has 2 rings (SSSR count). The Balaban J connectivity index is 1.86. The highest BCUT2D eigenvalue weighted by molar-refractivity contribution is 6.88. The maximum absolute atomic E-state index is 3.74. The first-order chi connectivity index (χ1) is 8.95. The van der Waals surface area contributed by atoms with Crippen molar-refractivity contribution in [3.05, 3.63) is 29.8 Å². The van der Waals surface area contributed by atoms with Crippen LogP contribution in [0.3, 0.4) is 0 Å². The molecule has 1 aromatic rings. The van der Waals surface area contributed by atoms with Crippen LogP contribution in [-0.2, 0) is 6.54 Å². The fraction of sp³-hybridized carbons (Fsp3) is 0.647. The van der Waals surface area contributed by atoms with Crippen molar-refractivity contribution in [2.45, 2.75) is 64.8 Å². The third-order valence-corrected chi connectivity index (χ3v) is 6.42. The Kier molecular flexibility index (Phi) is 4.85. The van der Waals surface area contributed by atoms with Gasteiger partial charge in [-0.25, -0.2) is 0 Å². The van der Waals surface area contributed by atoms with Crippen molar-refractivity contribution in [1.29, 1.82) is 0 Å². The molecule has 2 atom stereocenters. The van der Waals surface area contributed by atoms with Crippen LogP contribution in [0.15, 0.2) is 24.3 Å². The third-order valence-electron chi connectivity index (χ3n) is 4.35. The molecule has 0 aromatic heterocycles. The van der Waals surface area contributed by atoms with Crippen LogP contribution >= 0.6 is 0 Å². The van der Waals surface area contributed by atoms with Crippen LogP contribution in [0.1, 0.15) is 38.2 Å². The number of benzene rings is 1. The van der Waals surface area contributed by atoms with Crippen LogP contribution in [0.2, 0.25) is 19.6 Å². The quantitative estimate of drug-likeness (QED) is 0.822. The monoisotopic (exact) mass is 275 g/mol. The lowest BCUT2D eigenvalue weighted by atomic mass is 9.87. The second-order valence-electron chi connectivity index (χ2n) is 7.30. The molecule has 0 radical (unpaired) electrons. The highest BCUT2D eigenvalue weighted by Gasteiger charge is 2.18. The molecule has 106 valence electrons. The van der Waals surface area contributed by atoms with Crippen molar-refractivity contribution in [3.8, 4) is 0 Å². The molecule has 1 aliphatic carbocycles. The van der Waals surface area contributed by atoms with E-state index in [1.54, 1.807) is 5.19 Å².